The molecule has 1 fully saturated rings. The molecule has 4 rings (SSSR count). The minimum atomic E-state index is -0.652. The van der Waals surface area contributed by atoms with E-state index >= 15 is 0 Å². The normalized spacial score (nSPS) is 15.8. The van der Waals surface area contributed by atoms with E-state index in [4.69, 9.17) is 10.5 Å². The third-order valence-corrected chi connectivity index (χ3v) is 4.73. The average molecular weight is 336 g/mol. The summed E-state index contributed by atoms with van der Waals surface area (Å²) >= 11 is 0. The molecule has 0 radical (unpaired) electrons. The topological polar surface area (TPSA) is 101 Å². The van der Waals surface area contributed by atoms with Crippen molar-refractivity contribution in [3.63, 3.8) is 0 Å². The molecule has 126 valence electrons. The van der Waals surface area contributed by atoms with Crippen molar-refractivity contribution in [1.82, 2.24) is 9.47 Å². The maximum absolute atomic E-state index is 12.9. The van der Waals surface area contributed by atoms with Crippen LogP contribution < -0.4 is 5.73 Å². The van der Waals surface area contributed by atoms with Crippen LogP contribution in [0.5, 0.6) is 0 Å². The number of ether oxygens (including phenoxy) is 1. The van der Waals surface area contributed by atoms with Gasteiger partial charge < -0.3 is 19.9 Å². The number of rotatable bonds is 3. The van der Waals surface area contributed by atoms with Gasteiger partial charge in [0.05, 0.1) is 29.6 Å². The molecule has 1 aliphatic carbocycles. The zero-order chi connectivity index (χ0) is 17.7. The number of fused-ring (bicyclic) bond motifs is 1. The second kappa shape index (κ2) is 5.38. The van der Waals surface area contributed by atoms with Crippen molar-refractivity contribution in [3.05, 3.63) is 46.8 Å². The van der Waals surface area contributed by atoms with E-state index < -0.39 is 5.97 Å². The molecule has 25 heavy (non-hydrogen) atoms. The number of nitrogens with two attached hydrogens (primary N) is 1. The maximum Gasteiger partial charge on any atom is 0.357 e. The SMILES string of the molecule is COC(=O)c1c(N)c(C#N)cn1-c1cccc2c1C(=O)N(C1CC1)C2. The molecule has 2 aliphatic rings. The zero-order valence-electron chi connectivity index (χ0n) is 13.7. The molecule has 7 heteroatoms. The zero-order valence-corrected chi connectivity index (χ0v) is 13.7. The van der Waals surface area contributed by atoms with Crippen molar-refractivity contribution in [3.8, 4) is 11.8 Å². The number of anilines is 1. The number of nitriles is 1. The summed E-state index contributed by atoms with van der Waals surface area (Å²) in [6.45, 7) is 0.572. The highest BCUT2D eigenvalue weighted by Gasteiger charge is 2.40. The number of benzene rings is 1. The van der Waals surface area contributed by atoms with Crippen molar-refractivity contribution >= 4 is 17.6 Å². The molecule has 0 bridgehead atoms. The van der Waals surface area contributed by atoms with Crippen LogP contribution in [0.3, 0.4) is 0 Å². The summed E-state index contributed by atoms with van der Waals surface area (Å²) in [6, 6.07) is 7.77. The van der Waals surface area contributed by atoms with Crippen molar-refractivity contribution in [2.45, 2.75) is 25.4 Å². The molecule has 0 saturated heterocycles. The molecular weight excluding hydrogens is 320 g/mol. The van der Waals surface area contributed by atoms with Crippen LogP contribution in [0.25, 0.3) is 5.69 Å². The van der Waals surface area contributed by atoms with Gasteiger partial charge in [-0.3, -0.25) is 4.79 Å². The van der Waals surface area contributed by atoms with E-state index in [0.29, 0.717) is 23.8 Å². The second-order valence-electron chi connectivity index (χ2n) is 6.25. The molecule has 0 spiro atoms. The number of amides is 1. The van der Waals surface area contributed by atoms with Gasteiger partial charge in [-0.25, -0.2) is 4.79 Å². The Hall–Kier alpha value is -3.27. The summed E-state index contributed by atoms with van der Waals surface area (Å²) in [7, 11) is 1.25. The van der Waals surface area contributed by atoms with Crippen molar-refractivity contribution < 1.29 is 14.3 Å². The molecule has 0 atom stereocenters. The Morgan fingerprint density at radius 3 is 2.80 bits per heavy atom. The van der Waals surface area contributed by atoms with E-state index in [9.17, 15) is 14.9 Å². The summed E-state index contributed by atoms with van der Waals surface area (Å²) in [6.07, 6.45) is 3.53. The van der Waals surface area contributed by atoms with Gasteiger partial charge in [-0.05, 0) is 24.5 Å². The molecular formula is C18H16N4O3. The van der Waals surface area contributed by atoms with E-state index in [0.717, 1.165) is 18.4 Å². The number of esters is 1. The predicted octanol–water partition coefficient (Wildman–Crippen LogP) is 1.84. The summed E-state index contributed by atoms with van der Waals surface area (Å²) in [4.78, 5) is 26.9. The summed E-state index contributed by atoms with van der Waals surface area (Å²) < 4.78 is 6.30. The third kappa shape index (κ3) is 2.18. The highest BCUT2D eigenvalue weighted by atomic mass is 16.5. The Bertz CT molecular complexity index is 950. The number of aromatic nitrogens is 1. The number of hydrogen-bond donors (Lipinski definition) is 1. The van der Waals surface area contributed by atoms with Gasteiger partial charge >= 0.3 is 5.97 Å². The summed E-state index contributed by atoms with van der Waals surface area (Å²) in [5.74, 6) is -0.698. The molecule has 2 aromatic rings. The first-order chi connectivity index (χ1) is 12.1. The van der Waals surface area contributed by atoms with Crippen LogP contribution in [0.1, 0.15) is 44.8 Å². The molecule has 7 nitrogen and oxygen atoms in total. The minimum absolute atomic E-state index is 0.0466. The third-order valence-electron chi connectivity index (χ3n) is 4.73. The molecule has 1 aromatic carbocycles. The Morgan fingerprint density at radius 2 is 2.16 bits per heavy atom. The lowest BCUT2D eigenvalue weighted by atomic mass is 10.1. The first-order valence-corrected chi connectivity index (χ1v) is 7.99. The predicted molar refractivity (Wildman–Crippen MR) is 89.1 cm³/mol. The Labute approximate surface area is 144 Å². The lowest BCUT2D eigenvalue weighted by Gasteiger charge is -2.15. The van der Waals surface area contributed by atoms with E-state index in [-0.39, 0.29) is 22.9 Å². The Kier molecular flexibility index (Phi) is 3.29. The molecule has 1 saturated carbocycles. The summed E-state index contributed by atoms with van der Waals surface area (Å²) in [5, 5.41) is 9.26. The lowest BCUT2D eigenvalue weighted by molar-refractivity contribution is 0.0592. The van der Waals surface area contributed by atoms with Crippen LogP contribution >= 0.6 is 0 Å². The van der Waals surface area contributed by atoms with E-state index in [2.05, 4.69) is 0 Å². The molecule has 1 aromatic heterocycles. The highest BCUT2D eigenvalue weighted by molar-refractivity contribution is 6.03. The summed E-state index contributed by atoms with van der Waals surface area (Å²) in [5.41, 5.74) is 8.24. The number of hydrogen-bond acceptors (Lipinski definition) is 5. The lowest BCUT2D eigenvalue weighted by Crippen LogP contribution is -2.26. The molecule has 2 heterocycles. The highest BCUT2D eigenvalue weighted by Crippen LogP contribution is 2.37. The largest absolute Gasteiger partial charge is 0.464 e. The number of carbonyl (C=O) groups excluding carboxylic acids is 2. The van der Waals surface area contributed by atoms with Gasteiger partial charge in [-0.1, -0.05) is 12.1 Å². The van der Waals surface area contributed by atoms with Crippen LogP contribution in [0.15, 0.2) is 24.4 Å². The van der Waals surface area contributed by atoms with Gasteiger partial charge in [0.1, 0.15) is 6.07 Å². The number of methoxy groups -OCH3 is 1. The minimum Gasteiger partial charge on any atom is -0.464 e. The van der Waals surface area contributed by atoms with Gasteiger partial charge in [0.25, 0.3) is 5.91 Å². The fourth-order valence-corrected chi connectivity index (χ4v) is 3.35. The van der Waals surface area contributed by atoms with Crippen LogP contribution in [0.4, 0.5) is 5.69 Å². The standard InChI is InChI=1S/C18H16N4O3/c1-25-18(24)16-15(20)11(7-19)9-22(16)13-4-2-3-10-8-21(12-5-6-12)17(23)14(10)13/h2-4,9,12H,5-6,8,20H2,1H3. The smallest absolute Gasteiger partial charge is 0.357 e. The molecule has 0 unspecified atom stereocenters. The average Bonchev–Trinajstić information content (AvgIpc) is 3.33. The van der Waals surface area contributed by atoms with Crippen LogP contribution in [0.2, 0.25) is 0 Å². The fraction of sp³-hybridized carbons (Fsp3) is 0.278. The van der Waals surface area contributed by atoms with Gasteiger partial charge in [-0.15, -0.1) is 0 Å². The quantitative estimate of drug-likeness (QED) is 0.862. The van der Waals surface area contributed by atoms with Gasteiger partial charge in [0, 0.05) is 18.8 Å². The number of nitrogens with zero attached hydrogens (tertiary/aromatic N) is 3. The van der Waals surface area contributed by atoms with Gasteiger partial charge in [0.15, 0.2) is 5.69 Å². The monoisotopic (exact) mass is 336 g/mol. The van der Waals surface area contributed by atoms with Crippen LogP contribution in [0, 0.1) is 11.3 Å². The van der Waals surface area contributed by atoms with Crippen LogP contribution in [-0.4, -0.2) is 34.5 Å². The Morgan fingerprint density at radius 1 is 1.40 bits per heavy atom. The second-order valence-corrected chi connectivity index (χ2v) is 6.25. The van der Waals surface area contributed by atoms with E-state index in [1.807, 2.05) is 23.1 Å². The Balaban J connectivity index is 1.91. The van der Waals surface area contributed by atoms with Crippen molar-refractivity contribution in [1.29, 1.82) is 5.26 Å². The van der Waals surface area contributed by atoms with E-state index in [1.54, 1.807) is 6.07 Å². The molecule has 1 aliphatic heterocycles. The van der Waals surface area contributed by atoms with Crippen molar-refractivity contribution in [2.75, 3.05) is 12.8 Å². The molecule has 1 amide bonds. The van der Waals surface area contributed by atoms with Crippen LogP contribution in [-0.2, 0) is 11.3 Å². The van der Waals surface area contributed by atoms with Gasteiger partial charge in [-0.2, -0.15) is 5.26 Å². The molecule has 2 N–H and O–H groups in total. The number of nitrogen functional groups attached to an aromatic ring is 1. The van der Waals surface area contributed by atoms with Crippen molar-refractivity contribution in [2.24, 2.45) is 0 Å². The maximum atomic E-state index is 12.9. The first-order valence-electron chi connectivity index (χ1n) is 7.99. The fourth-order valence-electron chi connectivity index (χ4n) is 3.35. The van der Waals surface area contributed by atoms with Gasteiger partial charge in [0.2, 0.25) is 0 Å². The first kappa shape index (κ1) is 15.3. The van der Waals surface area contributed by atoms with E-state index in [1.165, 1.54) is 17.9 Å². The number of carbonyl (C=O) groups is 2.